The average Bonchev–Trinajstić information content (AvgIpc) is 3.53. The van der Waals surface area contributed by atoms with Gasteiger partial charge in [-0.3, -0.25) is 0 Å². The lowest BCUT2D eigenvalue weighted by Gasteiger charge is -2.17. The summed E-state index contributed by atoms with van der Waals surface area (Å²) in [5, 5.41) is 0. The smallest absolute Gasteiger partial charge is 0.226 e. The molecular formula is C27H29NO4. The normalized spacial score (nSPS) is 17.5. The zero-order chi connectivity index (χ0) is 22.1. The number of benzene rings is 2. The van der Waals surface area contributed by atoms with Crippen LogP contribution in [0.2, 0.25) is 0 Å². The number of oxazole rings is 1. The van der Waals surface area contributed by atoms with E-state index < -0.39 is 0 Å². The molecule has 0 amide bonds. The third kappa shape index (κ3) is 3.92. The number of hydrogen-bond acceptors (Lipinski definition) is 5. The second kappa shape index (κ2) is 8.81. The van der Waals surface area contributed by atoms with Gasteiger partial charge in [-0.15, -0.1) is 0 Å². The van der Waals surface area contributed by atoms with E-state index in [4.69, 9.17) is 18.9 Å². The van der Waals surface area contributed by atoms with Crippen LogP contribution in [0.5, 0.6) is 11.5 Å². The Bertz CT molecular complexity index is 1130. The molecule has 1 aromatic heterocycles. The Labute approximate surface area is 188 Å². The van der Waals surface area contributed by atoms with E-state index in [1.165, 1.54) is 16.7 Å². The zero-order valence-electron chi connectivity index (χ0n) is 18.7. The lowest BCUT2D eigenvalue weighted by atomic mass is 9.86. The van der Waals surface area contributed by atoms with E-state index in [0.717, 1.165) is 67.1 Å². The first-order valence-electron chi connectivity index (χ1n) is 11.6. The average molecular weight is 432 g/mol. The molecule has 0 saturated carbocycles. The van der Waals surface area contributed by atoms with Crippen LogP contribution in [0.25, 0.3) is 11.5 Å². The molecule has 1 aliphatic carbocycles. The highest BCUT2D eigenvalue weighted by Crippen LogP contribution is 2.40. The van der Waals surface area contributed by atoms with Crippen molar-refractivity contribution in [2.75, 3.05) is 13.2 Å². The molecule has 166 valence electrons. The molecule has 0 radical (unpaired) electrons. The molecule has 5 rings (SSSR count). The number of aromatic nitrogens is 1. The molecule has 2 aliphatic rings. The van der Waals surface area contributed by atoms with E-state index in [2.05, 4.69) is 25.1 Å². The van der Waals surface area contributed by atoms with Gasteiger partial charge in [-0.1, -0.05) is 19.1 Å². The molecule has 2 atom stereocenters. The van der Waals surface area contributed by atoms with Gasteiger partial charge in [0.15, 0.2) is 0 Å². The molecule has 2 heterocycles. The van der Waals surface area contributed by atoms with Crippen LogP contribution in [-0.2, 0) is 24.1 Å². The predicted molar refractivity (Wildman–Crippen MR) is 122 cm³/mol. The minimum absolute atomic E-state index is 0.115. The monoisotopic (exact) mass is 431 g/mol. The van der Waals surface area contributed by atoms with Crippen molar-refractivity contribution >= 4 is 6.29 Å². The summed E-state index contributed by atoms with van der Waals surface area (Å²) < 4.78 is 17.6. The molecule has 0 bridgehead atoms. The predicted octanol–water partition coefficient (Wildman–Crippen LogP) is 5.46. The van der Waals surface area contributed by atoms with Crippen LogP contribution >= 0.6 is 0 Å². The molecule has 2 aromatic carbocycles. The SMILES string of the molecule is CCC(C=O)C1CCc2cc(OCCc3nc(-c4ccc5c(c4)OCC5)oc3C)ccc21. The van der Waals surface area contributed by atoms with Gasteiger partial charge in [0.25, 0.3) is 0 Å². The van der Waals surface area contributed by atoms with Crippen LogP contribution in [0.1, 0.15) is 53.8 Å². The highest BCUT2D eigenvalue weighted by atomic mass is 16.5. The number of aryl methyl sites for hydroxylation is 2. The molecule has 5 heteroatoms. The molecule has 1 aliphatic heterocycles. The van der Waals surface area contributed by atoms with Crippen LogP contribution < -0.4 is 9.47 Å². The number of carbonyl (C=O) groups is 1. The topological polar surface area (TPSA) is 61.6 Å². The fraction of sp³-hybridized carbons (Fsp3) is 0.407. The quantitative estimate of drug-likeness (QED) is 0.443. The van der Waals surface area contributed by atoms with Gasteiger partial charge in [0.05, 0.1) is 18.9 Å². The van der Waals surface area contributed by atoms with Gasteiger partial charge in [-0.25, -0.2) is 4.98 Å². The number of aldehydes is 1. The van der Waals surface area contributed by atoms with Crippen molar-refractivity contribution in [2.45, 2.75) is 51.9 Å². The molecule has 0 spiro atoms. The second-order valence-electron chi connectivity index (χ2n) is 8.76. The van der Waals surface area contributed by atoms with Crippen LogP contribution in [-0.4, -0.2) is 24.5 Å². The van der Waals surface area contributed by atoms with E-state index in [9.17, 15) is 4.79 Å². The van der Waals surface area contributed by atoms with Gasteiger partial charge in [0.1, 0.15) is 23.5 Å². The van der Waals surface area contributed by atoms with Crippen molar-refractivity contribution in [3.63, 3.8) is 0 Å². The number of carbonyl (C=O) groups excluding carboxylic acids is 1. The maximum absolute atomic E-state index is 11.4. The second-order valence-corrected chi connectivity index (χ2v) is 8.76. The lowest BCUT2D eigenvalue weighted by molar-refractivity contribution is -0.111. The van der Waals surface area contributed by atoms with Crippen LogP contribution in [0.3, 0.4) is 0 Å². The van der Waals surface area contributed by atoms with Gasteiger partial charge in [-0.2, -0.15) is 0 Å². The number of nitrogens with zero attached hydrogens (tertiary/aromatic N) is 1. The van der Waals surface area contributed by atoms with Crippen molar-refractivity contribution in [3.05, 3.63) is 64.5 Å². The molecule has 32 heavy (non-hydrogen) atoms. The van der Waals surface area contributed by atoms with Crippen molar-refractivity contribution in [2.24, 2.45) is 5.92 Å². The lowest BCUT2D eigenvalue weighted by Crippen LogP contribution is -2.11. The van der Waals surface area contributed by atoms with E-state index >= 15 is 0 Å². The third-order valence-electron chi connectivity index (χ3n) is 6.84. The first-order valence-corrected chi connectivity index (χ1v) is 11.6. The highest BCUT2D eigenvalue weighted by molar-refractivity contribution is 5.59. The molecular weight excluding hydrogens is 402 g/mol. The number of fused-ring (bicyclic) bond motifs is 2. The number of hydrogen-bond donors (Lipinski definition) is 0. The Morgan fingerprint density at radius 2 is 2.09 bits per heavy atom. The van der Waals surface area contributed by atoms with Crippen molar-refractivity contribution in [1.29, 1.82) is 0 Å². The molecule has 0 N–H and O–H groups in total. The summed E-state index contributed by atoms with van der Waals surface area (Å²) in [5.41, 5.74) is 5.72. The maximum Gasteiger partial charge on any atom is 0.226 e. The van der Waals surface area contributed by atoms with Crippen LogP contribution in [0.15, 0.2) is 40.8 Å². The molecule has 3 aromatic rings. The number of rotatable bonds is 8. The van der Waals surface area contributed by atoms with Crippen LogP contribution in [0, 0.1) is 12.8 Å². The standard InChI is InChI=1S/C27H29NO4/c1-3-18(16-29)23-8-6-20-14-22(7-9-24(20)23)30-13-11-25-17(2)32-27(28-25)21-5-4-19-10-12-31-26(19)15-21/h4-5,7,9,14-16,18,23H,3,6,8,10-13H2,1-2H3. The summed E-state index contributed by atoms with van der Waals surface area (Å²) in [6.45, 7) is 5.31. The Hall–Kier alpha value is -3.08. The molecule has 0 fully saturated rings. The van der Waals surface area contributed by atoms with Gasteiger partial charge in [0, 0.05) is 24.3 Å². The van der Waals surface area contributed by atoms with Crippen molar-refractivity contribution in [3.8, 4) is 23.0 Å². The minimum Gasteiger partial charge on any atom is -0.493 e. The Morgan fingerprint density at radius 1 is 1.19 bits per heavy atom. The number of ether oxygens (including phenoxy) is 2. The summed E-state index contributed by atoms with van der Waals surface area (Å²) in [5.74, 6) is 3.72. The first kappa shape index (κ1) is 20.8. The first-order chi connectivity index (χ1) is 15.7. The highest BCUT2D eigenvalue weighted by Gasteiger charge is 2.28. The zero-order valence-corrected chi connectivity index (χ0v) is 18.7. The fourth-order valence-corrected chi connectivity index (χ4v) is 4.99. The van der Waals surface area contributed by atoms with Crippen molar-refractivity contribution < 1.29 is 18.7 Å². The van der Waals surface area contributed by atoms with Crippen molar-refractivity contribution in [1.82, 2.24) is 4.98 Å². The summed E-state index contributed by atoms with van der Waals surface area (Å²) in [4.78, 5) is 16.1. The summed E-state index contributed by atoms with van der Waals surface area (Å²) >= 11 is 0. The van der Waals surface area contributed by atoms with E-state index in [0.29, 0.717) is 24.8 Å². The largest absolute Gasteiger partial charge is 0.493 e. The molecule has 2 unspecified atom stereocenters. The summed E-state index contributed by atoms with van der Waals surface area (Å²) in [6, 6.07) is 12.5. The van der Waals surface area contributed by atoms with E-state index in [1.807, 2.05) is 25.1 Å². The summed E-state index contributed by atoms with van der Waals surface area (Å²) in [6.07, 6.45) is 5.71. The Kier molecular flexibility index (Phi) is 5.73. The van der Waals surface area contributed by atoms with Gasteiger partial charge < -0.3 is 18.7 Å². The van der Waals surface area contributed by atoms with Gasteiger partial charge in [-0.05, 0) is 73.1 Å². The van der Waals surface area contributed by atoms with E-state index in [-0.39, 0.29) is 5.92 Å². The van der Waals surface area contributed by atoms with Gasteiger partial charge in [0.2, 0.25) is 5.89 Å². The van der Waals surface area contributed by atoms with Crippen LogP contribution in [0.4, 0.5) is 0 Å². The maximum atomic E-state index is 11.4. The third-order valence-corrected chi connectivity index (χ3v) is 6.84. The fourth-order valence-electron chi connectivity index (χ4n) is 4.99. The minimum atomic E-state index is 0.115. The molecule has 5 nitrogen and oxygen atoms in total. The Balaban J connectivity index is 1.22. The van der Waals surface area contributed by atoms with E-state index in [1.54, 1.807) is 0 Å². The summed E-state index contributed by atoms with van der Waals surface area (Å²) in [7, 11) is 0. The Morgan fingerprint density at radius 3 is 2.94 bits per heavy atom. The van der Waals surface area contributed by atoms with Gasteiger partial charge >= 0.3 is 0 Å². The molecule has 0 saturated heterocycles.